The third-order valence-corrected chi connectivity index (χ3v) is 4.95. The molecule has 2 aromatic heterocycles. The summed E-state index contributed by atoms with van der Waals surface area (Å²) in [5, 5.41) is 2.22. The molecule has 0 N–H and O–H groups in total. The quantitative estimate of drug-likeness (QED) is 0.780. The first kappa shape index (κ1) is 11.5. The van der Waals surface area contributed by atoms with Crippen LogP contribution in [0.2, 0.25) is 26.2 Å². The summed E-state index contributed by atoms with van der Waals surface area (Å²) in [7, 11) is -1.02. The number of hydrogen-bond donors (Lipinski definition) is 0. The van der Waals surface area contributed by atoms with Gasteiger partial charge in [0.05, 0.1) is 10.8 Å². The fourth-order valence-corrected chi connectivity index (χ4v) is 2.94. The van der Waals surface area contributed by atoms with Crippen molar-refractivity contribution in [1.29, 1.82) is 0 Å². The van der Waals surface area contributed by atoms with Crippen LogP contribution in [0.25, 0.3) is 11.5 Å². The third-order valence-electron chi connectivity index (χ3n) is 2.44. The van der Waals surface area contributed by atoms with E-state index in [0.29, 0.717) is 0 Å². The summed E-state index contributed by atoms with van der Waals surface area (Å²) < 4.78 is 11.6. The van der Waals surface area contributed by atoms with Crippen molar-refractivity contribution in [2.24, 2.45) is 0 Å². The molecule has 2 radical (unpaired) electrons. The average Bonchev–Trinajstić information content (AvgIpc) is 2.86. The van der Waals surface area contributed by atoms with E-state index in [1.165, 1.54) is 0 Å². The molecular formula is C12H16O2Si2. The summed E-state index contributed by atoms with van der Waals surface area (Å²) in [5.74, 6) is 1.71. The lowest BCUT2D eigenvalue weighted by Crippen LogP contribution is -2.20. The maximum absolute atomic E-state index is 5.79. The van der Waals surface area contributed by atoms with Crippen LogP contribution >= 0.6 is 0 Å². The van der Waals surface area contributed by atoms with Crippen LogP contribution in [0.15, 0.2) is 33.1 Å². The maximum Gasteiger partial charge on any atom is 0.168 e. The second-order valence-electron chi connectivity index (χ2n) is 4.33. The van der Waals surface area contributed by atoms with Crippen molar-refractivity contribution in [3.8, 4) is 11.5 Å². The second kappa shape index (κ2) is 4.47. The highest BCUT2D eigenvalue weighted by atomic mass is 28.3. The fraction of sp³-hybridized carbons (Fsp3) is 0.333. The van der Waals surface area contributed by atoms with Gasteiger partial charge < -0.3 is 8.83 Å². The predicted molar refractivity (Wildman–Crippen MR) is 70.6 cm³/mol. The molecule has 0 saturated heterocycles. The van der Waals surface area contributed by atoms with Gasteiger partial charge in [-0.15, -0.1) is 0 Å². The van der Waals surface area contributed by atoms with Crippen LogP contribution in [-0.4, -0.2) is 17.6 Å². The lowest BCUT2D eigenvalue weighted by molar-refractivity contribution is 0.554. The largest absolute Gasteiger partial charge is 0.463 e. The van der Waals surface area contributed by atoms with Gasteiger partial charge in [-0.3, -0.25) is 0 Å². The molecule has 0 aromatic carbocycles. The molecule has 84 valence electrons. The van der Waals surface area contributed by atoms with Gasteiger partial charge in [0, 0.05) is 0 Å². The molecule has 2 nitrogen and oxygen atoms in total. The van der Waals surface area contributed by atoms with Gasteiger partial charge in [0.25, 0.3) is 0 Å². The Bertz CT molecular complexity index is 425. The Kier molecular flexibility index (Phi) is 3.21. The van der Waals surface area contributed by atoms with E-state index in [2.05, 4.69) is 38.3 Å². The van der Waals surface area contributed by atoms with Crippen LogP contribution < -0.4 is 10.8 Å². The molecule has 16 heavy (non-hydrogen) atoms. The molecule has 0 saturated carbocycles. The maximum atomic E-state index is 5.79. The molecule has 0 fully saturated rings. The first-order chi connectivity index (χ1) is 7.58. The summed E-state index contributed by atoms with van der Waals surface area (Å²) in [6.45, 7) is 8.89. The molecule has 2 rings (SSSR count). The Hall–Kier alpha value is -1.01. The number of rotatable bonds is 3. The van der Waals surface area contributed by atoms with Gasteiger partial charge in [0.15, 0.2) is 11.5 Å². The molecule has 0 aliphatic rings. The summed E-state index contributed by atoms with van der Waals surface area (Å²) in [6, 6.07) is 8.14. The van der Waals surface area contributed by atoms with Crippen molar-refractivity contribution in [3.63, 3.8) is 0 Å². The molecule has 0 unspecified atom stereocenters. The molecule has 2 aromatic rings. The van der Waals surface area contributed by atoms with E-state index in [-0.39, 0.29) is 0 Å². The van der Waals surface area contributed by atoms with Crippen molar-refractivity contribution in [3.05, 3.63) is 24.3 Å². The molecule has 0 aliphatic heterocycles. The van der Waals surface area contributed by atoms with Crippen molar-refractivity contribution >= 4 is 28.4 Å². The Morgan fingerprint density at radius 2 is 1.06 bits per heavy atom. The van der Waals surface area contributed by atoms with Gasteiger partial charge in [-0.2, -0.15) is 0 Å². The third kappa shape index (κ3) is 2.22. The standard InChI is InChI=1S/C12H16O2Si2/c1-15(2)11-7-5-9(13-11)10-6-8-12(14-10)16(3)4/h5-8H,1-4H3. The van der Waals surface area contributed by atoms with E-state index in [1.54, 1.807) is 0 Å². The topological polar surface area (TPSA) is 26.3 Å². The van der Waals surface area contributed by atoms with Crippen LogP contribution in [0.3, 0.4) is 0 Å². The Morgan fingerprint density at radius 1 is 0.688 bits per heavy atom. The van der Waals surface area contributed by atoms with E-state index in [0.717, 1.165) is 22.3 Å². The summed E-state index contributed by atoms with van der Waals surface area (Å²) in [6.07, 6.45) is 0. The summed E-state index contributed by atoms with van der Waals surface area (Å²) in [5.41, 5.74) is 0. The average molecular weight is 248 g/mol. The molecule has 0 atom stereocenters. The minimum atomic E-state index is -0.510. The second-order valence-corrected chi connectivity index (χ2v) is 9.31. The van der Waals surface area contributed by atoms with E-state index in [1.807, 2.05) is 12.1 Å². The first-order valence-corrected chi connectivity index (χ1v) is 10.4. The van der Waals surface area contributed by atoms with E-state index < -0.39 is 17.6 Å². The Labute approximate surface area is 99.5 Å². The van der Waals surface area contributed by atoms with Gasteiger partial charge in [0.2, 0.25) is 0 Å². The first-order valence-electron chi connectivity index (χ1n) is 5.39. The molecule has 0 spiro atoms. The van der Waals surface area contributed by atoms with E-state index in [4.69, 9.17) is 8.83 Å². The molecule has 4 heteroatoms. The number of hydrogen-bond acceptors (Lipinski definition) is 2. The fourth-order valence-electron chi connectivity index (χ4n) is 1.48. The lowest BCUT2D eigenvalue weighted by Gasteiger charge is -1.97. The van der Waals surface area contributed by atoms with Gasteiger partial charge in [-0.1, -0.05) is 26.2 Å². The van der Waals surface area contributed by atoms with Crippen LogP contribution in [0.5, 0.6) is 0 Å². The molecule has 0 amide bonds. The zero-order valence-corrected chi connectivity index (χ0v) is 12.1. The molecule has 2 heterocycles. The Balaban J connectivity index is 2.28. The minimum Gasteiger partial charge on any atom is -0.463 e. The van der Waals surface area contributed by atoms with Crippen molar-refractivity contribution < 1.29 is 8.83 Å². The van der Waals surface area contributed by atoms with Crippen LogP contribution in [-0.2, 0) is 0 Å². The van der Waals surface area contributed by atoms with Crippen LogP contribution in [0, 0.1) is 0 Å². The van der Waals surface area contributed by atoms with Crippen molar-refractivity contribution in [2.75, 3.05) is 0 Å². The monoisotopic (exact) mass is 248 g/mol. The lowest BCUT2D eigenvalue weighted by atomic mass is 10.3. The molecule has 0 bridgehead atoms. The SMILES string of the molecule is C[Si](C)c1ccc(-c2ccc([Si](C)C)o2)o1. The highest BCUT2D eigenvalue weighted by Gasteiger charge is 2.13. The van der Waals surface area contributed by atoms with Gasteiger partial charge in [-0.05, 0) is 24.3 Å². The van der Waals surface area contributed by atoms with E-state index in [9.17, 15) is 0 Å². The van der Waals surface area contributed by atoms with Crippen molar-refractivity contribution in [1.82, 2.24) is 0 Å². The zero-order valence-electron chi connectivity index (χ0n) is 10.1. The van der Waals surface area contributed by atoms with Gasteiger partial charge in [0.1, 0.15) is 17.6 Å². The van der Waals surface area contributed by atoms with Crippen LogP contribution in [0.1, 0.15) is 0 Å². The molecular weight excluding hydrogens is 232 g/mol. The summed E-state index contributed by atoms with van der Waals surface area (Å²) in [4.78, 5) is 0. The van der Waals surface area contributed by atoms with Crippen LogP contribution in [0.4, 0.5) is 0 Å². The number of furan rings is 2. The molecule has 0 aliphatic carbocycles. The highest BCUT2D eigenvalue weighted by Crippen LogP contribution is 2.18. The highest BCUT2D eigenvalue weighted by molar-refractivity contribution is 6.69. The van der Waals surface area contributed by atoms with Gasteiger partial charge >= 0.3 is 0 Å². The summed E-state index contributed by atoms with van der Waals surface area (Å²) >= 11 is 0. The van der Waals surface area contributed by atoms with Gasteiger partial charge in [-0.25, -0.2) is 0 Å². The normalized spacial score (nSPS) is 11.6. The van der Waals surface area contributed by atoms with Crippen molar-refractivity contribution in [2.45, 2.75) is 26.2 Å². The predicted octanol–water partition coefficient (Wildman–Crippen LogP) is 2.46. The minimum absolute atomic E-state index is 0.510. The Morgan fingerprint density at radius 3 is 1.31 bits per heavy atom. The zero-order chi connectivity index (χ0) is 11.7. The van der Waals surface area contributed by atoms with E-state index >= 15 is 0 Å². The smallest absolute Gasteiger partial charge is 0.168 e.